The fourth-order valence-corrected chi connectivity index (χ4v) is 2.61. The Kier molecular flexibility index (Phi) is 3.43. The molecule has 0 aliphatic heterocycles. The summed E-state index contributed by atoms with van der Waals surface area (Å²) in [5.74, 6) is 1.44. The molecule has 1 aromatic carbocycles. The van der Waals surface area contributed by atoms with Crippen LogP contribution < -0.4 is 5.73 Å². The van der Waals surface area contributed by atoms with E-state index in [2.05, 4.69) is 10.1 Å². The van der Waals surface area contributed by atoms with Gasteiger partial charge in [-0.25, -0.2) is 0 Å². The van der Waals surface area contributed by atoms with Gasteiger partial charge in [-0.05, 0) is 43.5 Å². The Morgan fingerprint density at radius 1 is 1.24 bits per heavy atom. The Balaban J connectivity index is 0.00000132. The van der Waals surface area contributed by atoms with Crippen molar-refractivity contribution in [1.82, 2.24) is 10.1 Å². The standard InChI is InChI=1S/C14H12ClN3O2.ClH/c15-9-2-3-10-8(6-9)7-11(19-10)12-17-13(18-20-12)14(16)4-1-5-14;/h2-3,6-7H,1,4-5,16H2;1H. The van der Waals surface area contributed by atoms with Gasteiger partial charge in [-0.2, -0.15) is 4.98 Å². The van der Waals surface area contributed by atoms with Crippen molar-refractivity contribution in [2.45, 2.75) is 24.8 Å². The third-order valence-electron chi connectivity index (χ3n) is 3.81. The van der Waals surface area contributed by atoms with Crippen molar-refractivity contribution in [2.75, 3.05) is 0 Å². The van der Waals surface area contributed by atoms with Gasteiger partial charge in [0.05, 0.1) is 5.54 Å². The van der Waals surface area contributed by atoms with Crippen LogP contribution in [0, 0.1) is 0 Å². The Morgan fingerprint density at radius 2 is 2.05 bits per heavy atom. The molecule has 1 aliphatic rings. The van der Waals surface area contributed by atoms with Crippen LogP contribution in [0.15, 0.2) is 33.2 Å². The van der Waals surface area contributed by atoms with Crippen LogP contribution in [0.4, 0.5) is 0 Å². The van der Waals surface area contributed by atoms with E-state index >= 15 is 0 Å². The Labute approximate surface area is 131 Å². The lowest BCUT2D eigenvalue weighted by Gasteiger charge is -2.34. The van der Waals surface area contributed by atoms with Crippen molar-refractivity contribution in [3.8, 4) is 11.7 Å². The molecular weight excluding hydrogens is 313 g/mol. The second-order valence-corrected chi connectivity index (χ2v) is 5.66. The predicted molar refractivity (Wildman–Crippen MR) is 81.5 cm³/mol. The highest BCUT2D eigenvalue weighted by Gasteiger charge is 2.39. The summed E-state index contributed by atoms with van der Waals surface area (Å²) < 4.78 is 11.0. The van der Waals surface area contributed by atoms with E-state index in [4.69, 9.17) is 26.3 Å². The number of rotatable bonds is 2. The van der Waals surface area contributed by atoms with Crippen LogP contribution in [0.5, 0.6) is 0 Å². The Hall–Kier alpha value is -1.56. The number of halogens is 2. The van der Waals surface area contributed by atoms with Crippen molar-refractivity contribution in [2.24, 2.45) is 5.73 Å². The number of aromatic nitrogens is 2. The van der Waals surface area contributed by atoms with E-state index in [0.717, 1.165) is 30.2 Å². The van der Waals surface area contributed by atoms with Gasteiger partial charge in [0.15, 0.2) is 11.6 Å². The summed E-state index contributed by atoms with van der Waals surface area (Å²) in [6, 6.07) is 7.26. The summed E-state index contributed by atoms with van der Waals surface area (Å²) in [5, 5.41) is 5.54. The number of nitrogens with zero attached hydrogens (tertiary/aromatic N) is 2. The normalized spacial score (nSPS) is 16.5. The van der Waals surface area contributed by atoms with E-state index in [1.54, 1.807) is 6.07 Å². The first-order valence-electron chi connectivity index (χ1n) is 6.47. The molecule has 7 heteroatoms. The maximum absolute atomic E-state index is 6.18. The average Bonchev–Trinajstić information content (AvgIpc) is 3.01. The van der Waals surface area contributed by atoms with Crippen molar-refractivity contribution in [1.29, 1.82) is 0 Å². The van der Waals surface area contributed by atoms with Crippen LogP contribution in [-0.2, 0) is 5.54 Å². The fourth-order valence-electron chi connectivity index (χ4n) is 2.43. The highest BCUT2D eigenvalue weighted by Crippen LogP contribution is 2.38. The third-order valence-corrected chi connectivity index (χ3v) is 4.04. The highest BCUT2D eigenvalue weighted by atomic mass is 35.5. The minimum atomic E-state index is -0.433. The smallest absolute Gasteiger partial charge is 0.293 e. The lowest BCUT2D eigenvalue weighted by molar-refractivity contribution is 0.229. The molecule has 110 valence electrons. The zero-order chi connectivity index (χ0) is 13.7. The molecule has 1 aliphatic carbocycles. The van der Waals surface area contributed by atoms with Crippen LogP contribution in [-0.4, -0.2) is 10.1 Å². The fraction of sp³-hybridized carbons (Fsp3) is 0.286. The molecule has 21 heavy (non-hydrogen) atoms. The molecule has 1 saturated carbocycles. The van der Waals surface area contributed by atoms with E-state index in [1.165, 1.54) is 0 Å². The van der Waals surface area contributed by atoms with Gasteiger partial charge in [-0.3, -0.25) is 0 Å². The van der Waals surface area contributed by atoms with Gasteiger partial charge in [-0.1, -0.05) is 16.8 Å². The zero-order valence-electron chi connectivity index (χ0n) is 11.0. The molecule has 1 fully saturated rings. The van der Waals surface area contributed by atoms with Gasteiger partial charge in [0.1, 0.15) is 5.58 Å². The number of fused-ring (bicyclic) bond motifs is 1. The molecule has 0 saturated heterocycles. The number of nitrogens with two attached hydrogens (primary N) is 1. The largest absolute Gasteiger partial charge is 0.451 e. The Morgan fingerprint density at radius 3 is 2.76 bits per heavy atom. The second kappa shape index (κ2) is 5.02. The van der Waals surface area contributed by atoms with Crippen LogP contribution >= 0.6 is 24.0 Å². The van der Waals surface area contributed by atoms with Crippen LogP contribution in [0.1, 0.15) is 25.1 Å². The number of hydrogen-bond donors (Lipinski definition) is 1. The van der Waals surface area contributed by atoms with E-state index in [-0.39, 0.29) is 12.4 Å². The van der Waals surface area contributed by atoms with Gasteiger partial charge in [0.25, 0.3) is 5.89 Å². The molecule has 0 bridgehead atoms. The predicted octanol–water partition coefficient (Wildman–Crippen LogP) is 3.90. The van der Waals surface area contributed by atoms with Crippen molar-refractivity contribution in [3.63, 3.8) is 0 Å². The van der Waals surface area contributed by atoms with Gasteiger partial charge in [0.2, 0.25) is 0 Å². The minimum absolute atomic E-state index is 0. The quantitative estimate of drug-likeness (QED) is 0.773. The summed E-state index contributed by atoms with van der Waals surface area (Å²) in [4.78, 5) is 4.36. The molecule has 2 heterocycles. The van der Waals surface area contributed by atoms with E-state index in [9.17, 15) is 0 Å². The summed E-state index contributed by atoms with van der Waals surface area (Å²) in [5.41, 5.74) is 6.48. The van der Waals surface area contributed by atoms with E-state index in [1.807, 2.05) is 18.2 Å². The molecule has 0 spiro atoms. The average molecular weight is 326 g/mol. The molecular formula is C14H13Cl2N3O2. The number of furan rings is 1. The van der Waals surface area contributed by atoms with Crippen LogP contribution in [0.3, 0.4) is 0 Å². The molecule has 4 rings (SSSR count). The number of hydrogen-bond acceptors (Lipinski definition) is 5. The maximum atomic E-state index is 6.18. The van der Waals surface area contributed by atoms with E-state index in [0.29, 0.717) is 22.5 Å². The number of benzene rings is 1. The SMILES string of the molecule is Cl.NC1(c2noc(-c3cc4cc(Cl)ccc4o3)n2)CCC1. The van der Waals surface area contributed by atoms with E-state index < -0.39 is 5.54 Å². The topological polar surface area (TPSA) is 78.1 Å². The summed E-state index contributed by atoms with van der Waals surface area (Å²) in [7, 11) is 0. The monoisotopic (exact) mass is 325 g/mol. The molecule has 0 unspecified atom stereocenters. The lowest BCUT2D eigenvalue weighted by Crippen LogP contribution is -2.44. The molecule has 2 N–H and O–H groups in total. The molecule has 0 atom stereocenters. The lowest BCUT2D eigenvalue weighted by atomic mass is 9.77. The zero-order valence-corrected chi connectivity index (χ0v) is 12.6. The van der Waals surface area contributed by atoms with Gasteiger partial charge in [0, 0.05) is 10.4 Å². The second-order valence-electron chi connectivity index (χ2n) is 5.23. The molecule has 0 radical (unpaired) electrons. The summed E-state index contributed by atoms with van der Waals surface area (Å²) in [6.07, 6.45) is 2.88. The first kappa shape index (κ1) is 14.4. The molecule has 2 aromatic heterocycles. The highest BCUT2D eigenvalue weighted by molar-refractivity contribution is 6.31. The van der Waals surface area contributed by atoms with Gasteiger partial charge >= 0.3 is 0 Å². The molecule has 0 amide bonds. The van der Waals surface area contributed by atoms with Crippen molar-refractivity contribution < 1.29 is 8.94 Å². The molecule has 5 nitrogen and oxygen atoms in total. The third kappa shape index (κ3) is 2.31. The van der Waals surface area contributed by atoms with Gasteiger partial charge in [-0.15, -0.1) is 12.4 Å². The van der Waals surface area contributed by atoms with Crippen molar-refractivity contribution >= 4 is 35.0 Å². The first-order chi connectivity index (χ1) is 9.64. The summed E-state index contributed by atoms with van der Waals surface area (Å²) in [6.45, 7) is 0. The van der Waals surface area contributed by atoms with Crippen molar-refractivity contribution in [3.05, 3.63) is 35.1 Å². The Bertz CT molecular complexity index is 792. The maximum Gasteiger partial charge on any atom is 0.293 e. The summed E-state index contributed by atoms with van der Waals surface area (Å²) >= 11 is 5.95. The first-order valence-corrected chi connectivity index (χ1v) is 6.84. The van der Waals surface area contributed by atoms with Crippen LogP contribution in [0.2, 0.25) is 5.02 Å². The van der Waals surface area contributed by atoms with Crippen LogP contribution in [0.25, 0.3) is 22.6 Å². The minimum Gasteiger partial charge on any atom is -0.451 e. The molecule has 3 aromatic rings. The van der Waals surface area contributed by atoms with Gasteiger partial charge < -0.3 is 14.7 Å².